The molecule has 0 radical (unpaired) electrons. The second-order valence-corrected chi connectivity index (χ2v) is 7.88. The number of benzene rings is 1. The summed E-state index contributed by atoms with van der Waals surface area (Å²) in [6.45, 7) is 7.78. The summed E-state index contributed by atoms with van der Waals surface area (Å²) in [4.78, 5) is 8.55. The molecule has 9 heteroatoms. The zero-order valence-electron chi connectivity index (χ0n) is 20.7. The second-order valence-electron chi connectivity index (χ2n) is 7.88. The van der Waals surface area contributed by atoms with Gasteiger partial charge in [0, 0.05) is 13.1 Å². The molecule has 0 fully saturated rings. The first-order valence-electron chi connectivity index (χ1n) is 11.3. The molecule has 3 rings (SSSR count). The number of ether oxygens (including phenoxy) is 3. The van der Waals surface area contributed by atoms with Crippen LogP contribution in [0.3, 0.4) is 0 Å². The molecule has 2 N–H and O–H groups in total. The first-order valence-corrected chi connectivity index (χ1v) is 11.3. The molecule has 0 saturated heterocycles. The number of aromatic hydroxyl groups is 2. The maximum atomic E-state index is 11.5. The molecular formula is C26H31N3O6. The lowest BCUT2D eigenvalue weighted by Gasteiger charge is -2.20. The van der Waals surface area contributed by atoms with Gasteiger partial charge in [0.2, 0.25) is 5.88 Å². The Morgan fingerprint density at radius 2 is 1.83 bits per heavy atom. The lowest BCUT2D eigenvalue weighted by Crippen LogP contribution is -2.09. The summed E-state index contributed by atoms with van der Waals surface area (Å²) in [6, 6.07) is 7.08. The number of aromatic nitrogens is 2. The monoisotopic (exact) mass is 481 g/mol. The first kappa shape index (κ1) is 25.6. The van der Waals surface area contributed by atoms with Gasteiger partial charge in [-0.1, -0.05) is 31.1 Å². The molecule has 3 aromatic rings. The van der Waals surface area contributed by atoms with Crippen LogP contribution in [-0.2, 0) is 17.6 Å². The van der Waals surface area contributed by atoms with Crippen molar-refractivity contribution in [2.75, 3.05) is 21.3 Å². The minimum absolute atomic E-state index is 0.0264. The van der Waals surface area contributed by atoms with Gasteiger partial charge in [-0.25, -0.2) is 4.98 Å². The van der Waals surface area contributed by atoms with E-state index in [1.165, 1.54) is 14.2 Å². The standard InChI is InChI=1S/C26H31N3O6/c1-7-8-10-18-23(24-19(32-5)11-9-12-20(24)33-6)25(30)22(26(31)28-18)16(3)34-21(27-4)14-17-13-15(2)29-35-17/h9,11-13H,3,7-8,10,14H2,1-2,4-6H3,(H2,28,30,31)/b27-21-. The predicted octanol–water partition coefficient (Wildman–Crippen LogP) is 5.07. The highest BCUT2D eigenvalue weighted by molar-refractivity contribution is 5.90. The van der Waals surface area contributed by atoms with E-state index in [0.717, 1.165) is 18.5 Å². The van der Waals surface area contributed by atoms with Gasteiger partial charge in [-0.2, -0.15) is 0 Å². The number of hydrogen-bond acceptors (Lipinski definition) is 9. The van der Waals surface area contributed by atoms with Crippen LogP contribution in [0.1, 0.15) is 42.5 Å². The van der Waals surface area contributed by atoms with Crippen LogP contribution < -0.4 is 9.47 Å². The van der Waals surface area contributed by atoms with Crippen molar-refractivity contribution in [3.8, 4) is 34.3 Å². The van der Waals surface area contributed by atoms with Crippen molar-refractivity contribution in [1.82, 2.24) is 10.1 Å². The molecule has 186 valence electrons. The highest BCUT2D eigenvalue weighted by Crippen LogP contribution is 2.48. The summed E-state index contributed by atoms with van der Waals surface area (Å²) >= 11 is 0. The second kappa shape index (κ2) is 11.4. The van der Waals surface area contributed by atoms with E-state index in [9.17, 15) is 10.2 Å². The molecule has 0 bridgehead atoms. The van der Waals surface area contributed by atoms with Gasteiger partial charge in [0.05, 0.1) is 43.2 Å². The topological polar surface area (TPSA) is 119 Å². The van der Waals surface area contributed by atoms with Crippen LogP contribution in [0.5, 0.6) is 23.1 Å². The molecule has 2 heterocycles. The zero-order chi connectivity index (χ0) is 25.5. The number of unbranched alkanes of at least 4 members (excludes halogenated alkanes) is 1. The minimum Gasteiger partial charge on any atom is -0.506 e. The number of nitrogens with zero attached hydrogens (tertiary/aromatic N) is 3. The smallest absolute Gasteiger partial charge is 0.226 e. The lowest BCUT2D eigenvalue weighted by molar-refractivity contribution is 0.379. The Balaban J connectivity index is 2.11. The van der Waals surface area contributed by atoms with Crippen LogP contribution in [0, 0.1) is 6.92 Å². The number of hydrogen-bond donors (Lipinski definition) is 2. The van der Waals surface area contributed by atoms with Crippen LogP contribution in [-0.4, -0.2) is 47.5 Å². The normalized spacial score (nSPS) is 11.4. The molecule has 0 aliphatic rings. The summed E-state index contributed by atoms with van der Waals surface area (Å²) < 4.78 is 22.2. The highest BCUT2D eigenvalue weighted by Gasteiger charge is 2.27. The van der Waals surface area contributed by atoms with E-state index >= 15 is 0 Å². The summed E-state index contributed by atoms with van der Waals surface area (Å²) in [5.41, 5.74) is 2.08. The van der Waals surface area contributed by atoms with Crippen LogP contribution in [0.25, 0.3) is 16.9 Å². The van der Waals surface area contributed by atoms with Gasteiger partial charge in [0.25, 0.3) is 0 Å². The summed E-state index contributed by atoms with van der Waals surface area (Å²) in [5, 5.41) is 26.1. The Labute approximate surface area is 204 Å². The molecule has 9 nitrogen and oxygen atoms in total. The Morgan fingerprint density at radius 3 is 2.37 bits per heavy atom. The van der Waals surface area contributed by atoms with Gasteiger partial charge in [0.1, 0.15) is 34.3 Å². The van der Waals surface area contributed by atoms with E-state index in [-0.39, 0.29) is 29.4 Å². The fourth-order valence-corrected chi connectivity index (χ4v) is 3.75. The quantitative estimate of drug-likeness (QED) is 0.234. The fraction of sp³-hybridized carbons (Fsp3) is 0.346. The summed E-state index contributed by atoms with van der Waals surface area (Å²) in [7, 11) is 4.63. The zero-order valence-corrected chi connectivity index (χ0v) is 20.7. The van der Waals surface area contributed by atoms with Crippen LogP contribution in [0.15, 0.2) is 40.4 Å². The fourth-order valence-electron chi connectivity index (χ4n) is 3.75. The van der Waals surface area contributed by atoms with E-state index < -0.39 is 5.88 Å². The van der Waals surface area contributed by atoms with Crippen LogP contribution in [0.4, 0.5) is 0 Å². The Hall–Kier alpha value is -4.01. The van der Waals surface area contributed by atoms with E-state index in [1.807, 2.05) is 6.92 Å². The van der Waals surface area contributed by atoms with Crippen molar-refractivity contribution in [1.29, 1.82) is 0 Å². The molecule has 0 amide bonds. The Morgan fingerprint density at radius 1 is 1.14 bits per heavy atom. The van der Waals surface area contributed by atoms with Crippen molar-refractivity contribution >= 4 is 11.7 Å². The maximum Gasteiger partial charge on any atom is 0.226 e. The number of methoxy groups -OCH3 is 2. The third kappa shape index (κ3) is 5.56. The van der Waals surface area contributed by atoms with Crippen molar-refractivity contribution in [2.45, 2.75) is 39.5 Å². The van der Waals surface area contributed by atoms with Crippen molar-refractivity contribution in [2.24, 2.45) is 4.99 Å². The van der Waals surface area contributed by atoms with Gasteiger partial charge in [-0.15, -0.1) is 0 Å². The lowest BCUT2D eigenvalue weighted by atomic mass is 9.95. The average Bonchev–Trinajstić information content (AvgIpc) is 3.26. The molecule has 0 saturated carbocycles. The third-order valence-corrected chi connectivity index (χ3v) is 5.44. The Kier molecular flexibility index (Phi) is 8.35. The molecule has 2 aromatic heterocycles. The van der Waals surface area contributed by atoms with Crippen LogP contribution >= 0.6 is 0 Å². The number of aryl methyl sites for hydroxylation is 2. The van der Waals surface area contributed by atoms with Crippen molar-refractivity contribution < 1.29 is 28.9 Å². The SMILES string of the molecule is C=C(O/C(Cc1cc(C)no1)=N\C)c1c(O)nc(CCCC)c(-c2c(OC)cccc2OC)c1O. The molecule has 0 unspecified atom stereocenters. The van der Waals surface area contributed by atoms with Gasteiger partial charge in [-0.05, 0) is 31.9 Å². The van der Waals surface area contributed by atoms with E-state index in [4.69, 9.17) is 18.7 Å². The van der Waals surface area contributed by atoms with Gasteiger partial charge in [0.15, 0.2) is 5.90 Å². The number of aliphatic imine (C=N–C) groups is 1. The molecule has 0 aliphatic carbocycles. The first-order chi connectivity index (χ1) is 16.8. The van der Waals surface area contributed by atoms with E-state index in [1.54, 1.807) is 31.3 Å². The van der Waals surface area contributed by atoms with Gasteiger partial charge < -0.3 is 28.9 Å². The largest absolute Gasteiger partial charge is 0.506 e. The molecule has 0 spiro atoms. The maximum absolute atomic E-state index is 11.5. The molecule has 0 aliphatic heterocycles. The van der Waals surface area contributed by atoms with Crippen molar-refractivity contribution in [3.63, 3.8) is 0 Å². The predicted molar refractivity (Wildman–Crippen MR) is 133 cm³/mol. The molecule has 0 atom stereocenters. The number of pyridine rings is 1. The van der Waals surface area contributed by atoms with E-state index in [0.29, 0.717) is 40.5 Å². The molecule has 35 heavy (non-hydrogen) atoms. The van der Waals surface area contributed by atoms with Gasteiger partial charge >= 0.3 is 0 Å². The molecule has 1 aromatic carbocycles. The third-order valence-electron chi connectivity index (χ3n) is 5.44. The highest BCUT2D eigenvalue weighted by atomic mass is 16.5. The summed E-state index contributed by atoms with van der Waals surface area (Å²) in [6.07, 6.45) is 2.44. The van der Waals surface area contributed by atoms with Crippen LogP contribution in [0.2, 0.25) is 0 Å². The molecular weight excluding hydrogens is 450 g/mol. The number of rotatable bonds is 10. The van der Waals surface area contributed by atoms with E-state index in [2.05, 4.69) is 28.6 Å². The van der Waals surface area contributed by atoms with Crippen molar-refractivity contribution in [3.05, 3.63) is 53.6 Å². The average molecular weight is 482 g/mol. The minimum atomic E-state index is -0.401. The summed E-state index contributed by atoms with van der Waals surface area (Å²) in [5.74, 6) is 1.11. The van der Waals surface area contributed by atoms with Gasteiger partial charge in [-0.3, -0.25) is 4.99 Å². The Bertz CT molecular complexity index is 1210.